The van der Waals surface area contributed by atoms with Crippen molar-refractivity contribution in [3.8, 4) is 0 Å². The highest BCUT2D eigenvalue weighted by atomic mass is 32.1. The van der Waals surface area contributed by atoms with Gasteiger partial charge in [-0.2, -0.15) is 0 Å². The molecule has 0 spiro atoms. The first-order chi connectivity index (χ1) is 11.2. The van der Waals surface area contributed by atoms with Crippen LogP contribution in [0.1, 0.15) is 12.8 Å². The zero-order valence-corrected chi connectivity index (χ0v) is 13.3. The molecule has 5 nitrogen and oxygen atoms in total. The third-order valence-electron chi connectivity index (χ3n) is 3.45. The summed E-state index contributed by atoms with van der Waals surface area (Å²) in [7, 11) is 0. The average molecular weight is 326 g/mol. The lowest BCUT2D eigenvalue weighted by Gasteiger charge is -2.12. The third kappa shape index (κ3) is 4.69. The maximum absolute atomic E-state index is 11.5. The maximum Gasteiger partial charge on any atom is 0.241 e. The summed E-state index contributed by atoms with van der Waals surface area (Å²) in [4.78, 5) is 11.5. The molecule has 4 N–H and O–H groups in total. The summed E-state index contributed by atoms with van der Waals surface area (Å²) in [6.45, 7) is 0. The molecule has 0 bridgehead atoms. The number of hydrogen-bond donors (Lipinski definition) is 4. The number of amides is 1. The fraction of sp³-hybridized carbons (Fsp3) is 0.176. The van der Waals surface area contributed by atoms with Crippen molar-refractivity contribution in [1.82, 2.24) is 10.9 Å². The van der Waals surface area contributed by atoms with Crippen LogP contribution < -0.4 is 21.5 Å². The number of benzene rings is 2. The van der Waals surface area contributed by atoms with Crippen LogP contribution in [0.15, 0.2) is 54.6 Å². The summed E-state index contributed by atoms with van der Waals surface area (Å²) in [5.41, 5.74) is 8.19. The number of para-hydroxylation sites is 1. The SMILES string of the molecule is O=C(NNC(=S)Nc1ccc(Nc2ccccc2)cc1)C1CC1. The zero-order valence-electron chi connectivity index (χ0n) is 12.5. The molecule has 1 amide bonds. The van der Waals surface area contributed by atoms with Crippen LogP contribution in [0.2, 0.25) is 0 Å². The van der Waals surface area contributed by atoms with E-state index in [-0.39, 0.29) is 11.8 Å². The number of hydrogen-bond acceptors (Lipinski definition) is 3. The van der Waals surface area contributed by atoms with Crippen LogP contribution in [0, 0.1) is 5.92 Å². The monoisotopic (exact) mass is 326 g/mol. The number of carbonyl (C=O) groups excluding carboxylic acids is 1. The van der Waals surface area contributed by atoms with Crippen LogP contribution in [0.5, 0.6) is 0 Å². The number of rotatable bonds is 4. The summed E-state index contributed by atoms with van der Waals surface area (Å²) in [6, 6.07) is 17.7. The van der Waals surface area contributed by atoms with Crippen molar-refractivity contribution in [3.05, 3.63) is 54.6 Å². The Morgan fingerprint density at radius 3 is 2.13 bits per heavy atom. The van der Waals surface area contributed by atoms with Gasteiger partial charge in [0.05, 0.1) is 0 Å². The van der Waals surface area contributed by atoms with E-state index in [1.165, 1.54) is 0 Å². The van der Waals surface area contributed by atoms with Crippen molar-refractivity contribution < 1.29 is 4.79 Å². The van der Waals surface area contributed by atoms with E-state index in [1.807, 2.05) is 54.6 Å². The van der Waals surface area contributed by atoms with Crippen molar-refractivity contribution in [2.75, 3.05) is 10.6 Å². The molecule has 0 unspecified atom stereocenters. The molecule has 2 aromatic rings. The van der Waals surface area contributed by atoms with Crippen LogP contribution >= 0.6 is 12.2 Å². The first-order valence-electron chi connectivity index (χ1n) is 7.50. The highest BCUT2D eigenvalue weighted by molar-refractivity contribution is 7.80. The quantitative estimate of drug-likeness (QED) is 0.513. The normalized spacial score (nSPS) is 13.0. The van der Waals surface area contributed by atoms with E-state index in [1.54, 1.807) is 0 Å². The van der Waals surface area contributed by atoms with E-state index in [9.17, 15) is 4.79 Å². The predicted molar refractivity (Wildman–Crippen MR) is 96.4 cm³/mol. The second kappa shape index (κ2) is 7.11. The summed E-state index contributed by atoms with van der Waals surface area (Å²) in [5, 5.41) is 6.70. The molecule has 0 heterocycles. The molecule has 118 valence electrons. The second-order valence-electron chi connectivity index (χ2n) is 5.41. The van der Waals surface area contributed by atoms with Crippen LogP contribution in [-0.2, 0) is 4.79 Å². The lowest BCUT2D eigenvalue weighted by atomic mass is 10.2. The zero-order chi connectivity index (χ0) is 16.1. The molecule has 1 aliphatic rings. The number of anilines is 3. The molecule has 1 aliphatic carbocycles. The standard InChI is InChI=1S/C17H18N4OS/c22-16(12-6-7-12)20-21-17(23)19-15-10-8-14(9-11-15)18-13-4-2-1-3-5-13/h1-5,8-12,18H,6-7H2,(H,20,22)(H2,19,21,23). The summed E-state index contributed by atoms with van der Waals surface area (Å²) in [6.07, 6.45) is 1.92. The van der Waals surface area contributed by atoms with E-state index >= 15 is 0 Å². The molecular weight excluding hydrogens is 308 g/mol. The Bertz CT molecular complexity index is 683. The van der Waals surface area contributed by atoms with Gasteiger partial charge in [-0.25, -0.2) is 0 Å². The first kappa shape index (κ1) is 15.3. The molecule has 0 radical (unpaired) electrons. The molecule has 0 saturated heterocycles. The minimum Gasteiger partial charge on any atom is -0.356 e. The van der Waals surface area contributed by atoms with E-state index in [4.69, 9.17) is 12.2 Å². The highest BCUT2D eigenvalue weighted by Crippen LogP contribution is 2.28. The molecule has 2 aromatic carbocycles. The topological polar surface area (TPSA) is 65.2 Å². The van der Waals surface area contributed by atoms with Gasteiger partial charge < -0.3 is 10.6 Å². The largest absolute Gasteiger partial charge is 0.356 e. The van der Waals surface area contributed by atoms with E-state index in [0.29, 0.717) is 5.11 Å². The molecule has 23 heavy (non-hydrogen) atoms. The van der Waals surface area contributed by atoms with E-state index in [2.05, 4.69) is 21.5 Å². The molecule has 1 fully saturated rings. The molecular formula is C17H18N4OS. The second-order valence-corrected chi connectivity index (χ2v) is 5.82. The Labute approximate surface area is 140 Å². The van der Waals surface area contributed by atoms with Gasteiger partial charge in [0.25, 0.3) is 0 Å². The lowest BCUT2D eigenvalue weighted by Crippen LogP contribution is -2.44. The van der Waals surface area contributed by atoms with Gasteiger partial charge in [-0.05, 0) is 61.5 Å². The minimum absolute atomic E-state index is 0.00319. The predicted octanol–water partition coefficient (Wildman–Crippen LogP) is 3.16. The summed E-state index contributed by atoms with van der Waals surface area (Å²) < 4.78 is 0. The Hall–Kier alpha value is -2.60. The Kier molecular flexibility index (Phi) is 4.73. The van der Waals surface area contributed by atoms with Gasteiger partial charge in [-0.1, -0.05) is 18.2 Å². The molecule has 0 aliphatic heterocycles. The van der Waals surface area contributed by atoms with Gasteiger partial charge in [0.2, 0.25) is 5.91 Å². The van der Waals surface area contributed by atoms with Crippen molar-refractivity contribution >= 4 is 40.3 Å². The van der Waals surface area contributed by atoms with Crippen LogP contribution in [-0.4, -0.2) is 11.0 Å². The van der Waals surface area contributed by atoms with Gasteiger partial charge in [-0.3, -0.25) is 15.6 Å². The molecule has 6 heteroatoms. The average Bonchev–Trinajstić information content (AvgIpc) is 3.40. The van der Waals surface area contributed by atoms with Gasteiger partial charge in [-0.15, -0.1) is 0 Å². The van der Waals surface area contributed by atoms with Crippen molar-refractivity contribution in [2.45, 2.75) is 12.8 Å². The molecule has 1 saturated carbocycles. The van der Waals surface area contributed by atoms with E-state index < -0.39 is 0 Å². The smallest absolute Gasteiger partial charge is 0.241 e. The third-order valence-corrected chi connectivity index (χ3v) is 3.66. The van der Waals surface area contributed by atoms with Gasteiger partial charge in [0.15, 0.2) is 5.11 Å². The molecule has 3 rings (SSSR count). The molecule has 0 atom stereocenters. The Balaban J connectivity index is 1.48. The minimum atomic E-state index is -0.00319. The van der Waals surface area contributed by atoms with Crippen molar-refractivity contribution in [3.63, 3.8) is 0 Å². The Morgan fingerprint density at radius 2 is 1.48 bits per heavy atom. The van der Waals surface area contributed by atoms with Crippen LogP contribution in [0.3, 0.4) is 0 Å². The fourth-order valence-corrected chi connectivity index (χ4v) is 2.22. The highest BCUT2D eigenvalue weighted by Gasteiger charge is 2.29. The maximum atomic E-state index is 11.5. The molecule has 0 aromatic heterocycles. The van der Waals surface area contributed by atoms with Gasteiger partial charge in [0.1, 0.15) is 0 Å². The lowest BCUT2D eigenvalue weighted by molar-refractivity contribution is -0.122. The van der Waals surface area contributed by atoms with Crippen LogP contribution in [0.4, 0.5) is 17.1 Å². The number of thiocarbonyl (C=S) groups is 1. The summed E-state index contributed by atoms with van der Waals surface area (Å²) >= 11 is 5.15. The van der Waals surface area contributed by atoms with Crippen molar-refractivity contribution in [2.24, 2.45) is 5.92 Å². The van der Waals surface area contributed by atoms with Crippen molar-refractivity contribution in [1.29, 1.82) is 0 Å². The van der Waals surface area contributed by atoms with Crippen LogP contribution in [0.25, 0.3) is 0 Å². The summed E-state index contributed by atoms with van der Waals surface area (Å²) in [5.74, 6) is 0.144. The fourth-order valence-electron chi connectivity index (χ4n) is 2.05. The Morgan fingerprint density at radius 1 is 0.870 bits per heavy atom. The van der Waals surface area contributed by atoms with Gasteiger partial charge in [0, 0.05) is 23.0 Å². The number of nitrogens with one attached hydrogen (secondary N) is 4. The van der Waals surface area contributed by atoms with Gasteiger partial charge >= 0.3 is 0 Å². The first-order valence-corrected chi connectivity index (χ1v) is 7.90. The number of hydrazine groups is 1. The van der Waals surface area contributed by atoms with E-state index in [0.717, 1.165) is 29.9 Å². The number of carbonyl (C=O) groups is 1.